The van der Waals surface area contributed by atoms with Crippen molar-refractivity contribution in [2.45, 2.75) is 13.3 Å². The molecule has 4 nitrogen and oxygen atoms in total. The van der Waals surface area contributed by atoms with Gasteiger partial charge in [-0.1, -0.05) is 12.1 Å². The van der Waals surface area contributed by atoms with E-state index in [0.717, 1.165) is 41.3 Å². The first-order chi connectivity index (χ1) is 10.8. The van der Waals surface area contributed by atoms with E-state index in [9.17, 15) is 0 Å². The van der Waals surface area contributed by atoms with Gasteiger partial charge in [0.15, 0.2) is 0 Å². The van der Waals surface area contributed by atoms with Gasteiger partial charge in [-0.2, -0.15) is 0 Å². The Morgan fingerprint density at radius 3 is 2.82 bits per heavy atom. The highest BCUT2D eigenvalue weighted by molar-refractivity contribution is 5.92. The number of hydrogen-bond donors (Lipinski definition) is 0. The van der Waals surface area contributed by atoms with Crippen LogP contribution in [0, 0.1) is 6.92 Å². The molecular weight excluding hydrogens is 274 g/mol. The standard InChI is InChI=1S/C18H17N3O/c1-12-19-16-6-4-3-5-15(16)18(20-12)21-10-9-13-11-14(22-2)7-8-17(13)21/h3-8,11H,9-10H2,1-2H3. The molecule has 0 atom stereocenters. The second-order valence-corrected chi connectivity index (χ2v) is 5.51. The number of para-hydroxylation sites is 1. The summed E-state index contributed by atoms with van der Waals surface area (Å²) < 4.78 is 5.33. The van der Waals surface area contributed by atoms with Gasteiger partial charge in [-0.25, -0.2) is 9.97 Å². The Morgan fingerprint density at radius 1 is 1.09 bits per heavy atom. The van der Waals surface area contributed by atoms with Crippen molar-refractivity contribution >= 4 is 22.4 Å². The molecule has 0 saturated heterocycles. The highest BCUT2D eigenvalue weighted by atomic mass is 16.5. The van der Waals surface area contributed by atoms with Gasteiger partial charge in [0.25, 0.3) is 0 Å². The molecule has 4 heteroatoms. The molecule has 0 saturated carbocycles. The number of methoxy groups -OCH3 is 1. The Bertz CT molecular complexity index is 860. The summed E-state index contributed by atoms with van der Waals surface area (Å²) in [4.78, 5) is 11.5. The Labute approximate surface area is 129 Å². The van der Waals surface area contributed by atoms with Crippen molar-refractivity contribution in [3.63, 3.8) is 0 Å². The second-order valence-electron chi connectivity index (χ2n) is 5.51. The maximum atomic E-state index is 5.33. The van der Waals surface area contributed by atoms with E-state index in [2.05, 4.69) is 28.1 Å². The van der Waals surface area contributed by atoms with Crippen molar-refractivity contribution in [2.75, 3.05) is 18.6 Å². The largest absolute Gasteiger partial charge is 0.497 e. The van der Waals surface area contributed by atoms with Crippen LogP contribution in [0.1, 0.15) is 11.4 Å². The van der Waals surface area contributed by atoms with Gasteiger partial charge in [-0.05, 0) is 49.2 Å². The van der Waals surface area contributed by atoms with E-state index >= 15 is 0 Å². The van der Waals surface area contributed by atoms with Crippen LogP contribution in [0.5, 0.6) is 5.75 Å². The highest BCUT2D eigenvalue weighted by Crippen LogP contribution is 2.38. The number of fused-ring (bicyclic) bond motifs is 2. The fourth-order valence-electron chi connectivity index (χ4n) is 3.10. The first-order valence-electron chi connectivity index (χ1n) is 7.44. The van der Waals surface area contributed by atoms with Crippen LogP contribution in [-0.2, 0) is 6.42 Å². The van der Waals surface area contributed by atoms with E-state index in [4.69, 9.17) is 9.72 Å². The lowest BCUT2D eigenvalue weighted by Gasteiger charge is -2.20. The summed E-state index contributed by atoms with van der Waals surface area (Å²) in [6.07, 6.45) is 1.00. The molecule has 1 aromatic heterocycles. The number of anilines is 2. The van der Waals surface area contributed by atoms with Crippen molar-refractivity contribution in [1.29, 1.82) is 0 Å². The van der Waals surface area contributed by atoms with Gasteiger partial charge < -0.3 is 9.64 Å². The predicted octanol–water partition coefficient (Wildman–Crippen LogP) is 3.64. The van der Waals surface area contributed by atoms with Crippen molar-refractivity contribution in [2.24, 2.45) is 0 Å². The number of nitrogens with zero attached hydrogens (tertiary/aromatic N) is 3. The van der Waals surface area contributed by atoms with Crippen molar-refractivity contribution in [3.05, 3.63) is 53.9 Å². The summed E-state index contributed by atoms with van der Waals surface area (Å²) in [6, 6.07) is 14.4. The fourth-order valence-corrected chi connectivity index (χ4v) is 3.10. The van der Waals surface area contributed by atoms with Gasteiger partial charge in [0, 0.05) is 17.6 Å². The molecule has 1 aliphatic rings. The Hall–Kier alpha value is -2.62. The van der Waals surface area contributed by atoms with Gasteiger partial charge in [0.05, 0.1) is 12.6 Å². The molecule has 0 amide bonds. The van der Waals surface area contributed by atoms with Crippen LogP contribution >= 0.6 is 0 Å². The SMILES string of the molecule is COc1ccc2c(c1)CCN2c1nc(C)nc2ccccc12. The number of benzene rings is 2. The van der Waals surface area contributed by atoms with E-state index < -0.39 is 0 Å². The number of ether oxygens (including phenoxy) is 1. The predicted molar refractivity (Wildman–Crippen MR) is 88.0 cm³/mol. The third-order valence-electron chi connectivity index (χ3n) is 4.13. The molecule has 0 spiro atoms. The highest BCUT2D eigenvalue weighted by Gasteiger charge is 2.23. The fraction of sp³-hybridized carbons (Fsp3) is 0.222. The number of rotatable bonds is 2. The Morgan fingerprint density at radius 2 is 1.95 bits per heavy atom. The third kappa shape index (κ3) is 1.99. The smallest absolute Gasteiger partial charge is 0.144 e. The lowest BCUT2D eigenvalue weighted by Crippen LogP contribution is -2.16. The third-order valence-corrected chi connectivity index (χ3v) is 4.13. The number of aryl methyl sites for hydroxylation is 1. The molecule has 1 aliphatic heterocycles. The summed E-state index contributed by atoms with van der Waals surface area (Å²) >= 11 is 0. The van der Waals surface area contributed by atoms with Gasteiger partial charge >= 0.3 is 0 Å². The Balaban J connectivity index is 1.88. The number of aromatic nitrogens is 2. The van der Waals surface area contributed by atoms with Crippen molar-refractivity contribution < 1.29 is 4.74 Å². The number of hydrogen-bond acceptors (Lipinski definition) is 4. The monoisotopic (exact) mass is 291 g/mol. The van der Waals surface area contributed by atoms with Crippen LogP contribution in [0.4, 0.5) is 11.5 Å². The van der Waals surface area contributed by atoms with Gasteiger partial charge in [0.1, 0.15) is 17.4 Å². The zero-order valence-electron chi connectivity index (χ0n) is 12.7. The quantitative estimate of drug-likeness (QED) is 0.722. The minimum Gasteiger partial charge on any atom is -0.497 e. The molecule has 0 fully saturated rings. The van der Waals surface area contributed by atoms with E-state index in [1.807, 2.05) is 31.2 Å². The summed E-state index contributed by atoms with van der Waals surface area (Å²) in [6.45, 7) is 2.88. The van der Waals surface area contributed by atoms with Crippen LogP contribution in [0.15, 0.2) is 42.5 Å². The Kier molecular flexibility index (Phi) is 2.96. The zero-order chi connectivity index (χ0) is 15.1. The normalized spacial score (nSPS) is 13.5. The lowest BCUT2D eigenvalue weighted by molar-refractivity contribution is 0.414. The molecule has 4 rings (SSSR count). The average molecular weight is 291 g/mol. The summed E-state index contributed by atoms with van der Waals surface area (Å²) in [7, 11) is 1.70. The molecule has 2 heterocycles. The molecule has 0 unspecified atom stereocenters. The maximum Gasteiger partial charge on any atom is 0.144 e. The second kappa shape index (κ2) is 4.98. The first-order valence-corrected chi connectivity index (χ1v) is 7.44. The summed E-state index contributed by atoms with van der Waals surface area (Å²) in [5.74, 6) is 2.70. The molecule has 0 N–H and O–H groups in total. The summed E-state index contributed by atoms with van der Waals surface area (Å²) in [5, 5.41) is 1.09. The average Bonchev–Trinajstić information content (AvgIpc) is 2.96. The summed E-state index contributed by atoms with van der Waals surface area (Å²) in [5.41, 5.74) is 3.51. The molecule has 0 radical (unpaired) electrons. The van der Waals surface area contributed by atoms with Crippen molar-refractivity contribution in [1.82, 2.24) is 9.97 Å². The van der Waals surface area contributed by atoms with Crippen LogP contribution in [-0.4, -0.2) is 23.6 Å². The molecule has 110 valence electrons. The molecule has 0 aliphatic carbocycles. The minimum atomic E-state index is 0.802. The van der Waals surface area contributed by atoms with Crippen LogP contribution in [0.2, 0.25) is 0 Å². The van der Waals surface area contributed by atoms with Gasteiger partial charge in [0.2, 0.25) is 0 Å². The molecule has 0 bridgehead atoms. The van der Waals surface area contributed by atoms with E-state index in [1.54, 1.807) is 7.11 Å². The van der Waals surface area contributed by atoms with E-state index in [-0.39, 0.29) is 0 Å². The lowest BCUT2D eigenvalue weighted by atomic mass is 10.1. The molecular formula is C18H17N3O. The zero-order valence-corrected chi connectivity index (χ0v) is 12.7. The van der Waals surface area contributed by atoms with Crippen LogP contribution in [0.3, 0.4) is 0 Å². The van der Waals surface area contributed by atoms with Crippen LogP contribution in [0.25, 0.3) is 10.9 Å². The molecule has 22 heavy (non-hydrogen) atoms. The van der Waals surface area contributed by atoms with Gasteiger partial charge in [-0.3, -0.25) is 0 Å². The first kappa shape index (κ1) is 13.1. The maximum absolute atomic E-state index is 5.33. The molecule has 3 aromatic rings. The van der Waals surface area contributed by atoms with Crippen LogP contribution < -0.4 is 9.64 Å². The van der Waals surface area contributed by atoms with E-state index in [0.29, 0.717) is 0 Å². The van der Waals surface area contributed by atoms with Gasteiger partial charge in [-0.15, -0.1) is 0 Å². The minimum absolute atomic E-state index is 0.802. The topological polar surface area (TPSA) is 38.2 Å². The van der Waals surface area contributed by atoms with Crippen molar-refractivity contribution in [3.8, 4) is 5.75 Å². The molecule has 2 aromatic carbocycles. The van der Waals surface area contributed by atoms with E-state index in [1.165, 1.54) is 11.3 Å².